The number of carboxylic acid groups (broad SMARTS) is 1. The summed E-state index contributed by atoms with van der Waals surface area (Å²) in [6, 6.07) is 0. The van der Waals surface area contributed by atoms with E-state index in [1.807, 2.05) is 31.5 Å². The van der Waals surface area contributed by atoms with Crippen LogP contribution in [0.15, 0.2) is 15.9 Å². The first-order valence-corrected chi connectivity index (χ1v) is 6.76. The Hall–Kier alpha value is -1.76. The second-order valence-electron chi connectivity index (χ2n) is 4.28. The van der Waals surface area contributed by atoms with E-state index in [0.29, 0.717) is 11.7 Å². The Balaban J connectivity index is 2.22. The molecular formula is C12H15N3O3S. The van der Waals surface area contributed by atoms with Crippen LogP contribution < -0.4 is 0 Å². The molecule has 0 aromatic carbocycles. The van der Waals surface area contributed by atoms with Gasteiger partial charge >= 0.3 is 5.97 Å². The molecule has 102 valence electrons. The van der Waals surface area contributed by atoms with Crippen molar-refractivity contribution in [2.24, 2.45) is 0 Å². The number of nitrogens with zero attached hydrogens (tertiary/aromatic N) is 3. The smallest absolute Gasteiger partial charge is 0.313 e. The second kappa shape index (κ2) is 5.48. The van der Waals surface area contributed by atoms with Gasteiger partial charge in [0.05, 0.1) is 23.7 Å². The van der Waals surface area contributed by atoms with Crippen molar-refractivity contribution in [2.45, 2.75) is 32.5 Å². The first-order chi connectivity index (χ1) is 8.97. The topological polar surface area (TPSA) is 81.2 Å². The van der Waals surface area contributed by atoms with Crippen LogP contribution in [-0.4, -0.2) is 31.5 Å². The molecule has 0 aliphatic rings. The van der Waals surface area contributed by atoms with Gasteiger partial charge in [0.1, 0.15) is 5.76 Å². The van der Waals surface area contributed by atoms with E-state index in [4.69, 9.17) is 9.63 Å². The molecule has 0 spiro atoms. The van der Waals surface area contributed by atoms with Crippen LogP contribution in [0.1, 0.15) is 22.7 Å². The minimum absolute atomic E-state index is 0.00193. The normalized spacial score (nSPS) is 10.9. The summed E-state index contributed by atoms with van der Waals surface area (Å²) in [5.74, 6) is -0.0782. The number of thioether (sulfide) groups is 1. The molecule has 7 heteroatoms. The highest BCUT2D eigenvalue weighted by Gasteiger charge is 2.14. The van der Waals surface area contributed by atoms with Crippen LogP contribution in [-0.2, 0) is 11.3 Å². The van der Waals surface area contributed by atoms with E-state index in [9.17, 15) is 4.79 Å². The Labute approximate surface area is 114 Å². The number of aliphatic carboxylic acids is 1. The van der Waals surface area contributed by atoms with Crippen molar-refractivity contribution < 1.29 is 14.4 Å². The molecule has 0 unspecified atom stereocenters. The van der Waals surface area contributed by atoms with E-state index < -0.39 is 5.97 Å². The molecule has 19 heavy (non-hydrogen) atoms. The summed E-state index contributed by atoms with van der Waals surface area (Å²) in [6.45, 7) is 6.22. The van der Waals surface area contributed by atoms with Gasteiger partial charge in [-0.25, -0.2) is 4.98 Å². The molecule has 0 aliphatic heterocycles. The van der Waals surface area contributed by atoms with Crippen molar-refractivity contribution in [3.05, 3.63) is 28.9 Å². The van der Waals surface area contributed by atoms with E-state index in [1.165, 1.54) is 11.8 Å². The third kappa shape index (κ3) is 3.17. The molecule has 0 atom stereocenters. The highest BCUT2D eigenvalue weighted by molar-refractivity contribution is 7.99. The standard InChI is InChI=1S/C12H15N3O3S/c1-7-4-15(12(13-7)19-6-11(16)17)5-10-8(2)14-18-9(10)3/h4H,5-6H2,1-3H3,(H,16,17). The molecule has 2 rings (SSSR count). The molecule has 0 radical (unpaired) electrons. The summed E-state index contributed by atoms with van der Waals surface area (Å²) in [6.07, 6.45) is 1.90. The summed E-state index contributed by atoms with van der Waals surface area (Å²) < 4.78 is 7.05. The van der Waals surface area contributed by atoms with Crippen molar-refractivity contribution >= 4 is 17.7 Å². The van der Waals surface area contributed by atoms with Crippen LogP contribution in [0.4, 0.5) is 0 Å². The van der Waals surface area contributed by atoms with Crippen molar-refractivity contribution in [3.8, 4) is 0 Å². The van der Waals surface area contributed by atoms with Crippen LogP contribution in [0.5, 0.6) is 0 Å². The number of aromatic nitrogens is 3. The fourth-order valence-electron chi connectivity index (χ4n) is 1.78. The maximum atomic E-state index is 10.6. The summed E-state index contributed by atoms with van der Waals surface area (Å²) in [5, 5.41) is 13.3. The molecule has 0 saturated carbocycles. The fourth-order valence-corrected chi connectivity index (χ4v) is 2.52. The SMILES string of the molecule is Cc1cn(Cc2c(C)noc2C)c(SCC(=O)O)n1. The minimum atomic E-state index is -0.852. The number of imidazole rings is 1. The van der Waals surface area contributed by atoms with Gasteiger partial charge in [0.25, 0.3) is 0 Å². The van der Waals surface area contributed by atoms with Crippen molar-refractivity contribution in [3.63, 3.8) is 0 Å². The lowest BCUT2D eigenvalue weighted by Crippen LogP contribution is -2.04. The predicted molar refractivity (Wildman–Crippen MR) is 70.4 cm³/mol. The molecule has 0 aliphatic carbocycles. The Morgan fingerprint density at radius 1 is 1.47 bits per heavy atom. The summed E-state index contributed by atoms with van der Waals surface area (Å²) in [5.41, 5.74) is 2.72. The Kier molecular flexibility index (Phi) is 3.94. The molecule has 0 fully saturated rings. The highest BCUT2D eigenvalue weighted by Crippen LogP contribution is 2.21. The molecule has 2 aromatic rings. The van der Waals surface area contributed by atoms with Crippen LogP contribution in [0.25, 0.3) is 0 Å². The molecule has 2 aromatic heterocycles. The minimum Gasteiger partial charge on any atom is -0.481 e. The zero-order valence-corrected chi connectivity index (χ0v) is 11.8. The number of carbonyl (C=O) groups is 1. The van der Waals surface area contributed by atoms with Crippen LogP contribution >= 0.6 is 11.8 Å². The molecule has 2 heterocycles. The van der Waals surface area contributed by atoms with Gasteiger partial charge in [0.2, 0.25) is 0 Å². The monoisotopic (exact) mass is 281 g/mol. The summed E-state index contributed by atoms with van der Waals surface area (Å²) in [4.78, 5) is 15.0. The summed E-state index contributed by atoms with van der Waals surface area (Å²) in [7, 11) is 0. The van der Waals surface area contributed by atoms with Gasteiger partial charge in [-0.05, 0) is 20.8 Å². The predicted octanol–water partition coefficient (Wildman–Crippen LogP) is 2.02. The lowest BCUT2D eigenvalue weighted by atomic mass is 10.2. The van der Waals surface area contributed by atoms with Crippen molar-refractivity contribution in [1.29, 1.82) is 0 Å². The molecule has 0 bridgehead atoms. The van der Waals surface area contributed by atoms with Gasteiger partial charge < -0.3 is 14.2 Å². The van der Waals surface area contributed by atoms with Gasteiger partial charge in [-0.2, -0.15) is 0 Å². The maximum absolute atomic E-state index is 10.6. The largest absolute Gasteiger partial charge is 0.481 e. The zero-order valence-electron chi connectivity index (χ0n) is 11.0. The molecule has 6 nitrogen and oxygen atoms in total. The third-order valence-electron chi connectivity index (χ3n) is 2.69. The maximum Gasteiger partial charge on any atom is 0.313 e. The zero-order chi connectivity index (χ0) is 14.0. The van der Waals surface area contributed by atoms with E-state index >= 15 is 0 Å². The van der Waals surface area contributed by atoms with Gasteiger partial charge in [0, 0.05) is 11.8 Å². The van der Waals surface area contributed by atoms with Crippen LogP contribution in [0.2, 0.25) is 0 Å². The van der Waals surface area contributed by atoms with Crippen molar-refractivity contribution in [1.82, 2.24) is 14.7 Å². The van der Waals surface area contributed by atoms with Crippen LogP contribution in [0.3, 0.4) is 0 Å². The number of aryl methyl sites for hydroxylation is 3. The number of hydrogen-bond donors (Lipinski definition) is 1. The van der Waals surface area contributed by atoms with E-state index in [0.717, 1.165) is 22.7 Å². The van der Waals surface area contributed by atoms with E-state index in [2.05, 4.69) is 10.1 Å². The fraction of sp³-hybridized carbons (Fsp3) is 0.417. The summed E-state index contributed by atoms with van der Waals surface area (Å²) >= 11 is 1.21. The number of rotatable bonds is 5. The Bertz CT molecular complexity index is 584. The van der Waals surface area contributed by atoms with Gasteiger partial charge in [-0.15, -0.1) is 0 Å². The molecule has 0 amide bonds. The number of carboxylic acids is 1. The van der Waals surface area contributed by atoms with Crippen LogP contribution in [0, 0.1) is 20.8 Å². The quantitative estimate of drug-likeness (QED) is 0.844. The van der Waals surface area contributed by atoms with E-state index in [-0.39, 0.29) is 5.75 Å². The lowest BCUT2D eigenvalue weighted by molar-refractivity contribution is -0.133. The Morgan fingerprint density at radius 2 is 2.21 bits per heavy atom. The average Bonchev–Trinajstić information content (AvgIpc) is 2.84. The van der Waals surface area contributed by atoms with Crippen molar-refractivity contribution in [2.75, 3.05) is 5.75 Å². The third-order valence-corrected chi connectivity index (χ3v) is 3.67. The second-order valence-corrected chi connectivity index (χ2v) is 5.22. The number of hydrogen-bond acceptors (Lipinski definition) is 5. The van der Waals surface area contributed by atoms with Gasteiger partial charge in [0.15, 0.2) is 5.16 Å². The lowest BCUT2D eigenvalue weighted by Gasteiger charge is -2.06. The average molecular weight is 281 g/mol. The Morgan fingerprint density at radius 3 is 2.79 bits per heavy atom. The van der Waals surface area contributed by atoms with Gasteiger partial charge in [-0.3, -0.25) is 4.79 Å². The van der Waals surface area contributed by atoms with E-state index in [1.54, 1.807) is 0 Å². The molecular weight excluding hydrogens is 266 g/mol. The first kappa shape index (κ1) is 13.7. The van der Waals surface area contributed by atoms with Gasteiger partial charge in [-0.1, -0.05) is 16.9 Å². The highest BCUT2D eigenvalue weighted by atomic mass is 32.2. The first-order valence-electron chi connectivity index (χ1n) is 5.77. The molecule has 0 saturated heterocycles. The molecule has 1 N–H and O–H groups in total.